The van der Waals surface area contributed by atoms with Crippen LogP contribution in [0.25, 0.3) is 58.8 Å². The van der Waals surface area contributed by atoms with Crippen molar-refractivity contribution in [2.75, 3.05) is 0 Å². The molecular weight excluding hydrogens is 603 g/mol. The summed E-state index contributed by atoms with van der Waals surface area (Å²) in [6, 6.07) is 53.7. The zero-order valence-corrected chi connectivity index (χ0v) is 27.2. The second kappa shape index (κ2) is 11.2. The maximum absolute atomic E-state index is 3.89. The Hall–Kier alpha value is -5.26. The van der Waals surface area contributed by atoms with E-state index in [0.29, 0.717) is 6.04 Å². The number of quaternary nitrogens is 1. The van der Waals surface area contributed by atoms with Crippen LogP contribution >= 0.6 is 11.3 Å². The summed E-state index contributed by atoms with van der Waals surface area (Å²) in [5.41, 5.74) is 8.94. The molecule has 3 nitrogen and oxygen atoms in total. The van der Waals surface area contributed by atoms with Gasteiger partial charge in [-0.25, -0.2) is 5.32 Å². The smallest absolute Gasteiger partial charge is 0.174 e. The predicted molar refractivity (Wildman–Crippen MR) is 202 cm³/mol. The highest BCUT2D eigenvalue weighted by Crippen LogP contribution is 2.39. The van der Waals surface area contributed by atoms with E-state index in [9.17, 15) is 0 Å². The van der Waals surface area contributed by atoms with Crippen LogP contribution in [0.5, 0.6) is 0 Å². The molecule has 1 aliphatic heterocycles. The van der Waals surface area contributed by atoms with Crippen LogP contribution in [0.15, 0.2) is 164 Å². The average Bonchev–Trinajstić information content (AvgIpc) is 3.68. The van der Waals surface area contributed by atoms with E-state index in [-0.39, 0.29) is 12.3 Å². The highest BCUT2D eigenvalue weighted by atomic mass is 32.1. The van der Waals surface area contributed by atoms with Crippen LogP contribution in [0, 0.1) is 0 Å². The third-order valence-corrected chi connectivity index (χ3v) is 11.6. The van der Waals surface area contributed by atoms with E-state index < -0.39 is 0 Å². The lowest BCUT2D eigenvalue weighted by Gasteiger charge is -2.49. The van der Waals surface area contributed by atoms with Crippen molar-refractivity contribution in [3.05, 3.63) is 175 Å². The highest BCUT2D eigenvalue weighted by molar-refractivity contribution is 7.25. The van der Waals surface area contributed by atoms with Gasteiger partial charge in [-0.05, 0) is 59.7 Å². The lowest BCUT2D eigenvalue weighted by molar-refractivity contribution is -1.03. The first-order valence-electron chi connectivity index (χ1n) is 16.9. The van der Waals surface area contributed by atoms with E-state index in [1.165, 1.54) is 69.9 Å². The van der Waals surface area contributed by atoms with Crippen LogP contribution in [0.2, 0.25) is 0 Å². The van der Waals surface area contributed by atoms with Crippen molar-refractivity contribution >= 4 is 59.0 Å². The molecule has 2 N–H and O–H groups in total. The molecule has 1 aliphatic carbocycles. The van der Waals surface area contributed by atoms with Crippen LogP contribution in [0.1, 0.15) is 29.9 Å². The van der Waals surface area contributed by atoms with Gasteiger partial charge in [-0.2, -0.15) is 0 Å². The number of aromatic nitrogens is 1. The second-order valence-electron chi connectivity index (χ2n) is 13.1. The van der Waals surface area contributed by atoms with Gasteiger partial charge in [0.05, 0.1) is 11.0 Å². The molecule has 1 saturated heterocycles. The molecule has 3 unspecified atom stereocenters. The molecule has 0 radical (unpaired) electrons. The van der Waals surface area contributed by atoms with Crippen molar-refractivity contribution < 1.29 is 4.90 Å². The van der Waals surface area contributed by atoms with Gasteiger partial charge in [0.25, 0.3) is 0 Å². The number of rotatable bonds is 5. The molecule has 0 bridgehead atoms. The molecule has 0 saturated carbocycles. The van der Waals surface area contributed by atoms with E-state index in [0.717, 1.165) is 6.42 Å². The minimum atomic E-state index is 0.263. The van der Waals surface area contributed by atoms with Crippen LogP contribution < -0.4 is 10.2 Å². The molecule has 3 atom stereocenters. The fourth-order valence-electron chi connectivity index (χ4n) is 8.08. The summed E-state index contributed by atoms with van der Waals surface area (Å²) in [6.45, 7) is 0. The summed E-state index contributed by atoms with van der Waals surface area (Å²) < 4.78 is 5.15. The number of nitrogens with zero attached hydrogens (tertiary/aromatic N) is 1. The zero-order chi connectivity index (χ0) is 31.6. The Bertz CT molecular complexity index is 2490. The fourth-order valence-corrected chi connectivity index (χ4v) is 9.17. The first kappa shape index (κ1) is 27.8. The number of para-hydroxylation sites is 1. The maximum Gasteiger partial charge on any atom is 0.174 e. The summed E-state index contributed by atoms with van der Waals surface area (Å²) >= 11 is 1.87. The standard InChI is InChI=1S/C44H33N3S/c1-3-11-29(12-4-1)43-45-44(30-13-5-2-6-14-30)47(43)34-23-21-33(22-24-34)46-39-17-9-7-15-35(39)37-27-31(19-25-40(37)46)32-20-26-42-38(28-32)36-16-8-10-18-41(36)48-42/h1-23,25-28,34,43-45H,24H2/p+1. The molecule has 10 rings (SSSR count). The molecule has 2 aromatic heterocycles. The van der Waals surface area contributed by atoms with Gasteiger partial charge in [-0.1, -0.05) is 115 Å². The van der Waals surface area contributed by atoms with Gasteiger partial charge >= 0.3 is 0 Å². The van der Waals surface area contributed by atoms with Crippen LogP contribution in [-0.2, 0) is 0 Å². The Morgan fingerprint density at radius 3 is 1.90 bits per heavy atom. The number of nitrogens with one attached hydrogen (secondary N) is 2. The van der Waals surface area contributed by atoms with Gasteiger partial charge in [0, 0.05) is 54.2 Å². The Balaban J connectivity index is 1.02. The minimum absolute atomic E-state index is 0.263. The molecule has 2 aliphatic rings. The number of hydrogen-bond donors (Lipinski definition) is 2. The monoisotopic (exact) mass is 636 g/mol. The number of hydrogen-bond acceptors (Lipinski definition) is 2. The second-order valence-corrected chi connectivity index (χ2v) is 14.2. The van der Waals surface area contributed by atoms with Crippen LogP contribution in [0.4, 0.5) is 0 Å². The molecule has 8 aromatic rings. The summed E-state index contributed by atoms with van der Waals surface area (Å²) in [5, 5.41) is 9.15. The summed E-state index contributed by atoms with van der Waals surface area (Å²) in [5.74, 6) is 0. The molecule has 3 heterocycles. The first-order valence-corrected chi connectivity index (χ1v) is 17.7. The number of fused-ring (bicyclic) bond motifs is 6. The summed E-state index contributed by atoms with van der Waals surface area (Å²) in [6.07, 6.45) is 8.77. The van der Waals surface area contributed by atoms with E-state index in [2.05, 4.69) is 174 Å². The van der Waals surface area contributed by atoms with Crippen molar-refractivity contribution in [1.29, 1.82) is 0 Å². The van der Waals surface area contributed by atoms with Crippen molar-refractivity contribution in [1.82, 2.24) is 9.88 Å². The average molecular weight is 637 g/mol. The minimum Gasteiger partial charge on any atom is -0.310 e. The highest BCUT2D eigenvalue weighted by Gasteiger charge is 2.47. The lowest BCUT2D eigenvalue weighted by atomic mass is 9.95. The maximum atomic E-state index is 3.89. The molecule has 230 valence electrons. The molecule has 48 heavy (non-hydrogen) atoms. The molecule has 6 aromatic carbocycles. The summed E-state index contributed by atoms with van der Waals surface area (Å²) in [4.78, 5) is 1.56. The Morgan fingerprint density at radius 1 is 0.562 bits per heavy atom. The van der Waals surface area contributed by atoms with E-state index in [4.69, 9.17) is 0 Å². The van der Waals surface area contributed by atoms with Crippen molar-refractivity contribution in [3.8, 4) is 11.1 Å². The van der Waals surface area contributed by atoms with Crippen LogP contribution in [0.3, 0.4) is 0 Å². The number of benzene rings is 6. The topological polar surface area (TPSA) is 21.4 Å². The molecule has 1 fully saturated rings. The first-order chi connectivity index (χ1) is 23.8. The third-order valence-electron chi connectivity index (χ3n) is 10.4. The van der Waals surface area contributed by atoms with Gasteiger partial charge in [0.15, 0.2) is 12.3 Å². The SMILES string of the molecule is C1=CC([NH+]2C(c3ccccc3)NC2c2ccccc2)CC=C1n1c2ccccc2c2cc(-c3ccc4sc5ccccc5c4c3)ccc21. The quantitative estimate of drug-likeness (QED) is 0.193. The Morgan fingerprint density at radius 2 is 1.17 bits per heavy atom. The third kappa shape index (κ3) is 4.41. The molecule has 0 spiro atoms. The van der Waals surface area contributed by atoms with Gasteiger partial charge in [-0.3, -0.25) is 4.90 Å². The Kier molecular flexibility index (Phi) is 6.48. The van der Waals surface area contributed by atoms with Crippen molar-refractivity contribution in [2.24, 2.45) is 0 Å². The van der Waals surface area contributed by atoms with Gasteiger partial charge in [0.2, 0.25) is 0 Å². The van der Waals surface area contributed by atoms with Crippen molar-refractivity contribution in [2.45, 2.75) is 24.8 Å². The molecule has 0 amide bonds. The van der Waals surface area contributed by atoms with E-state index in [1.807, 2.05) is 11.3 Å². The number of thiophene rings is 1. The van der Waals surface area contributed by atoms with Crippen molar-refractivity contribution in [3.63, 3.8) is 0 Å². The zero-order valence-electron chi connectivity index (χ0n) is 26.4. The van der Waals surface area contributed by atoms with Gasteiger partial charge in [-0.15, -0.1) is 11.3 Å². The Labute approximate surface area is 283 Å². The molecule has 4 heteroatoms. The predicted octanol–water partition coefficient (Wildman–Crippen LogP) is 9.88. The van der Waals surface area contributed by atoms with E-state index in [1.54, 1.807) is 4.90 Å². The van der Waals surface area contributed by atoms with Gasteiger partial charge in [0.1, 0.15) is 6.04 Å². The van der Waals surface area contributed by atoms with Crippen LogP contribution in [-0.4, -0.2) is 10.6 Å². The lowest BCUT2D eigenvalue weighted by Crippen LogP contribution is -3.25. The largest absolute Gasteiger partial charge is 0.310 e. The van der Waals surface area contributed by atoms with Gasteiger partial charge < -0.3 is 4.57 Å². The fraction of sp³-hybridized carbons (Fsp3) is 0.0909. The molecular formula is C44H34N3S+. The number of allylic oxidation sites excluding steroid dienone is 2. The summed E-state index contributed by atoms with van der Waals surface area (Å²) in [7, 11) is 0. The van der Waals surface area contributed by atoms with E-state index >= 15 is 0 Å². The normalized spacial score (nSPS) is 20.8.